The maximum Gasteiger partial charge on any atom is 0.234 e. The van der Waals surface area contributed by atoms with E-state index in [2.05, 4.69) is 5.32 Å². The molecule has 1 amide bonds. The number of nitrogens with zero attached hydrogens (tertiary/aromatic N) is 1. The zero-order valence-electron chi connectivity index (χ0n) is 12.5. The van der Waals surface area contributed by atoms with E-state index in [1.165, 1.54) is 0 Å². The van der Waals surface area contributed by atoms with Crippen LogP contribution >= 0.6 is 0 Å². The van der Waals surface area contributed by atoms with Gasteiger partial charge in [-0.1, -0.05) is 30.3 Å². The van der Waals surface area contributed by atoms with Crippen molar-refractivity contribution < 1.29 is 9.53 Å². The first-order valence-electron chi connectivity index (χ1n) is 7.15. The molecular formula is C18H18N2O2. The Hall–Kier alpha value is -2.80. The maximum absolute atomic E-state index is 11.2. The summed E-state index contributed by atoms with van der Waals surface area (Å²) in [5.74, 6) is 1.40. The van der Waals surface area contributed by atoms with Gasteiger partial charge in [-0.15, -0.1) is 0 Å². The Kier molecular flexibility index (Phi) is 5.56. The number of amides is 1. The van der Waals surface area contributed by atoms with E-state index in [1.54, 1.807) is 0 Å². The van der Waals surface area contributed by atoms with Crippen molar-refractivity contribution in [2.24, 2.45) is 0 Å². The fraction of sp³-hybridized carbons (Fsp3) is 0.222. The molecule has 0 saturated carbocycles. The molecule has 0 saturated heterocycles. The Morgan fingerprint density at radius 3 is 2.59 bits per heavy atom. The molecule has 4 heteroatoms. The van der Waals surface area contributed by atoms with Crippen molar-refractivity contribution in [3.8, 4) is 17.6 Å². The average molecular weight is 294 g/mol. The van der Waals surface area contributed by atoms with Crippen molar-refractivity contribution in [3.05, 3.63) is 59.7 Å². The average Bonchev–Trinajstić information content (AvgIpc) is 2.51. The summed E-state index contributed by atoms with van der Waals surface area (Å²) in [6.07, 6.45) is 0.630. The van der Waals surface area contributed by atoms with Crippen molar-refractivity contribution in [2.75, 3.05) is 6.54 Å². The fourth-order valence-corrected chi connectivity index (χ4v) is 2.00. The van der Waals surface area contributed by atoms with Crippen LogP contribution in [0.1, 0.15) is 17.5 Å². The zero-order valence-corrected chi connectivity index (χ0v) is 12.5. The molecule has 0 aliphatic carbocycles. The third-order valence-electron chi connectivity index (χ3n) is 3.22. The summed E-state index contributed by atoms with van der Waals surface area (Å²) in [5.41, 5.74) is 2.20. The Bertz CT molecular complexity index is 672. The van der Waals surface area contributed by atoms with Gasteiger partial charge < -0.3 is 10.1 Å². The van der Waals surface area contributed by atoms with E-state index in [0.29, 0.717) is 6.54 Å². The highest BCUT2D eigenvalue weighted by Gasteiger charge is 2.02. The number of para-hydroxylation sites is 1. The molecule has 0 fully saturated rings. The largest absolute Gasteiger partial charge is 0.457 e. The highest BCUT2D eigenvalue weighted by atomic mass is 16.5. The van der Waals surface area contributed by atoms with Gasteiger partial charge in [-0.25, -0.2) is 0 Å². The van der Waals surface area contributed by atoms with Gasteiger partial charge in [-0.05, 0) is 42.7 Å². The van der Waals surface area contributed by atoms with Crippen molar-refractivity contribution in [1.29, 1.82) is 5.26 Å². The predicted molar refractivity (Wildman–Crippen MR) is 84.6 cm³/mol. The van der Waals surface area contributed by atoms with Gasteiger partial charge in [0.25, 0.3) is 0 Å². The molecule has 0 aliphatic rings. The molecule has 0 bridgehead atoms. The lowest BCUT2D eigenvalue weighted by atomic mass is 10.1. The molecular weight excluding hydrogens is 276 g/mol. The molecule has 2 aromatic rings. The molecule has 1 N–H and O–H groups in total. The van der Waals surface area contributed by atoms with Crippen LogP contribution in [0.5, 0.6) is 11.5 Å². The number of hydrogen-bond donors (Lipinski definition) is 1. The summed E-state index contributed by atoms with van der Waals surface area (Å²) in [5, 5.41) is 11.1. The minimum absolute atomic E-state index is 0.0940. The van der Waals surface area contributed by atoms with Gasteiger partial charge >= 0.3 is 0 Å². The fourth-order valence-electron chi connectivity index (χ4n) is 2.00. The number of nitriles is 1. The van der Waals surface area contributed by atoms with Crippen LogP contribution in [0, 0.1) is 18.3 Å². The van der Waals surface area contributed by atoms with Crippen LogP contribution in [0.25, 0.3) is 0 Å². The quantitative estimate of drug-likeness (QED) is 0.888. The minimum atomic E-state index is -0.234. The lowest BCUT2D eigenvalue weighted by Crippen LogP contribution is -2.24. The molecule has 0 atom stereocenters. The summed E-state index contributed by atoms with van der Waals surface area (Å²) in [6.45, 7) is 2.53. The number of carbonyl (C=O) groups is 1. The summed E-state index contributed by atoms with van der Waals surface area (Å²) in [4.78, 5) is 11.2. The number of benzene rings is 2. The lowest BCUT2D eigenvalue weighted by molar-refractivity contribution is -0.120. The number of aryl methyl sites for hydroxylation is 1. The van der Waals surface area contributed by atoms with Gasteiger partial charge in [0, 0.05) is 6.54 Å². The number of rotatable bonds is 6. The molecule has 0 spiro atoms. The number of ether oxygens (including phenoxy) is 1. The summed E-state index contributed by atoms with van der Waals surface area (Å²) in [7, 11) is 0. The minimum Gasteiger partial charge on any atom is -0.457 e. The molecule has 112 valence electrons. The molecule has 4 nitrogen and oxygen atoms in total. The summed E-state index contributed by atoms with van der Waals surface area (Å²) < 4.78 is 5.83. The molecule has 0 unspecified atom stereocenters. The van der Waals surface area contributed by atoms with Crippen LogP contribution in [-0.4, -0.2) is 12.5 Å². The number of nitrogens with one attached hydrogen (secondary N) is 1. The van der Waals surface area contributed by atoms with E-state index in [9.17, 15) is 4.79 Å². The smallest absolute Gasteiger partial charge is 0.234 e. The molecule has 22 heavy (non-hydrogen) atoms. The zero-order chi connectivity index (χ0) is 15.8. The second-order valence-electron chi connectivity index (χ2n) is 4.95. The predicted octanol–water partition coefficient (Wildman–Crippen LogP) is 3.36. The second kappa shape index (κ2) is 7.84. The maximum atomic E-state index is 11.2. The molecule has 0 radical (unpaired) electrons. The third-order valence-corrected chi connectivity index (χ3v) is 3.22. The van der Waals surface area contributed by atoms with Gasteiger partial charge in [0.2, 0.25) is 5.91 Å². The molecule has 0 aliphatic heterocycles. The molecule has 0 heterocycles. The monoisotopic (exact) mass is 294 g/mol. The molecule has 2 rings (SSSR count). The Morgan fingerprint density at radius 2 is 1.91 bits per heavy atom. The van der Waals surface area contributed by atoms with E-state index in [-0.39, 0.29) is 12.3 Å². The topological polar surface area (TPSA) is 62.1 Å². The van der Waals surface area contributed by atoms with Crippen LogP contribution in [0.4, 0.5) is 0 Å². The highest BCUT2D eigenvalue weighted by molar-refractivity contribution is 5.77. The lowest BCUT2D eigenvalue weighted by Gasteiger charge is -2.09. The van der Waals surface area contributed by atoms with E-state index in [0.717, 1.165) is 29.0 Å². The van der Waals surface area contributed by atoms with Gasteiger partial charge in [0.05, 0.1) is 6.07 Å². The van der Waals surface area contributed by atoms with Crippen LogP contribution in [0.15, 0.2) is 48.5 Å². The summed E-state index contributed by atoms with van der Waals surface area (Å²) >= 11 is 0. The highest BCUT2D eigenvalue weighted by Crippen LogP contribution is 2.24. The van der Waals surface area contributed by atoms with Crippen LogP contribution in [0.3, 0.4) is 0 Å². The standard InChI is InChI=1S/C18H18N2O2/c1-14-4-2-3-5-17(14)22-16-8-6-15(7-9-16)11-13-20-18(21)10-12-19/h2-9H,10-11,13H2,1H3,(H,20,21). The van der Waals surface area contributed by atoms with E-state index in [4.69, 9.17) is 10.00 Å². The molecule has 0 aromatic heterocycles. The Morgan fingerprint density at radius 1 is 1.18 bits per heavy atom. The molecule has 2 aromatic carbocycles. The van der Waals surface area contributed by atoms with Crippen molar-refractivity contribution >= 4 is 5.91 Å². The van der Waals surface area contributed by atoms with E-state index in [1.807, 2.05) is 61.5 Å². The normalized spacial score (nSPS) is 9.82. The van der Waals surface area contributed by atoms with Gasteiger partial charge in [0.1, 0.15) is 17.9 Å². The Labute approximate surface area is 130 Å². The first kappa shape index (κ1) is 15.6. The first-order valence-corrected chi connectivity index (χ1v) is 7.15. The van der Waals surface area contributed by atoms with Gasteiger partial charge in [-0.2, -0.15) is 5.26 Å². The van der Waals surface area contributed by atoms with Crippen LogP contribution in [0.2, 0.25) is 0 Å². The van der Waals surface area contributed by atoms with Crippen molar-refractivity contribution in [3.63, 3.8) is 0 Å². The first-order chi connectivity index (χ1) is 10.7. The summed E-state index contributed by atoms with van der Waals surface area (Å²) in [6, 6.07) is 17.5. The van der Waals surface area contributed by atoms with Gasteiger partial charge in [0.15, 0.2) is 0 Å². The van der Waals surface area contributed by atoms with Crippen molar-refractivity contribution in [2.45, 2.75) is 19.8 Å². The third kappa shape index (κ3) is 4.64. The van der Waals surface area contributed by atoms with Gasteiger partial charge in [-0.3, -0.25) is 4.79 Å². The van der Waals surface area contributed by atoms with E-state index >= 15 is 0 Å². The van der Waals surface area contributed by atoms with Crippen LogP contribution in [-0.2, 0) is 11.2 Å². The SMILES string of the molecule is Cc1ccccc1Oc1ccc(CCNC(=O)CC#N)cc1. The second-order valence-corrected chi connectivity index (χ2v) is 4.95. The number of carbonyl (C=O) groups excluding carboxylic acids is 1. The Balaban J connectivity index is 1.87. The van der Waals surface area contributed by atoms with Crippen LogP contribution < -0.4 is 10.1 Å². The van der Waals surface area contributed by atoms with Crippen molar-refractivity contribution in [1.82, 2.24) is 5.32 Å². The number of hydrogen-bond acceptors (Lipinski definition) is 3. The van der Waals surface area contributed by atoms with E-state index < -0.39 is 0 Å².